The number of nitrogens with zero attached hydrogens (tertiary/aromatic N) is 3. The van der Waals surface area contributed by atoms with E-state index in [-0.39, 0.29) is 6.04 Å². The van der Waals surface area contributed by atoms with Crippen LogP contribution in [0.15, 0.2) is 36.8 Å². The molecule has 2 aromatic heterocycles. The van der Waals surface area contributed by atoms with E-state index in [1.54, 1.807) is 0 Å². The summed E-state index contributed by atoms with van der Waals surface area (Å²) < 4.78 is 2.03. The van der Waals surface area contributed by atoms with Gasteiger partial charge in [-0.3, -0.25) is 4.79 Å². The molecule has 0 spiro atoms. The van der Waals surface area contributed by atoms with E-state index in [1.165, 1.54) is 6.33 Å². The first-order valence-electron chi connectivity index (χ1n) is 8.19. The van der Waals surface area contributed by atoms with Crippen LogP contribution in [0.3, 0.4) is 0 Å². The Labute approximate surface area is 144 Å². The lowest BCUT2D eigenvalue weighted by molar-refractivity contribution is -0.139. The number of nitrogens with one attached hydrogen (secondary N) is 1. The quantitative estimate of drug-likeness (QED) is 0.675. The number of aryl methyl sites for hydroxylation is 1. The third-order valence-electron chi connectivity index (χ3n) is 4.77. The van der Waals surface area contributed by atoms with Gasteiger partial charge in [0.25, 0.3) is 0 Å². The van der Waals surface area contributed by atoms with E-state index in [2.05, 4.69) is 21.4 Å². The molecule has 25 heavy (non-hydrogen) atoms. The Balaban J connectivity index is 1.87. The average Bonchev–Trinajstić information content (AvgIpc) is 3.20. The largest absolute Gasteiger partial charge is 0.480 e. The molecule has 0 amide bonds. The first-order valence-corrected chi connectivity index (χ1v) is 8.19. The number of carbonyl (C=O) groups is 1. The number of nitrogens with two attached hydrogens (primary N) is 1. The van der Waals surface area contributed by atoms with Gasteiger partial charge in [0, 0.05) is 24.3 Å². The van der Waals surface area contributed by atoms with Gasteiger partial charge < -0.3 is 20.7 Å². The maximum atomic E-state index is 11.2. The second-order valence-electron chi connectivity index (χ2n) is 6.47. The van der Waals surface area contributed by atoms with Gasteiger partial charge in [-0.05, 0) is 18.9 Å². The van der Waals surface area contributed by atoms with Gasteiger partial charge in [-0.2, -0.15) is 0 Å². The highest BCUT2D eigenvalue weighted by Gasteiger charge is 2.31. The maximum absolute atomic E-state index is 11.2. The highest BCUT2D eigenvalue weighted by atomic mass is 16.4. The van der Waals surface area contributed by atoms with Crippen molar-refractivity contribution in [2.45, 2.75) is 25.4 Å². The Hall–Kier alpha value is -2.93. The van der Waals surface area contributed by atoms with Gasteiger partial charge in [-0.25, -0.2) is 9.97 Å². The van der Waals surface area contributed by atoms with Crippen molar-refractivity contribution in [2.75, 3.05) is 12.3 Å². The molecule has 0 aliphatic carbocycles. The normalized spacial score (nSPS) is 20.2. The van der Waals surface area contributed by atoms with Crippen molar-refractivity contribution in [3.63, 3.8) is 0 Å². The van der Waals surface area contributed by atoms with Crippen LogP contribution in [0.2, 0.25) is 0 Å². The molecular formula is C18H19N5O2. The van der Waals surface area contributed by atoms with E-state index >= 15 is 0 Å². The van der Waals surface area contributed by atoms with Gasteiger partial charge in [0.1, 0.15) is 23.8 Å². The third kappa shape index (κ3) is 2.62. The summed E-state index contributed by atoms with van der Waals surface area (Å²) in [5.74, 6) is -0.395. The molecule has 4 N–H and O–H groups in total. The molecule has 2 unspecified atom stereocenters. The molecule has 1 aliphatic heterocycles. The van der Waals surface area contributed by atoms with E-state index in [0.29, 0.717) is 18.8 Å². The molecule has 1 fully saturated rings. The van der Waals surface area contributed by atoms with Crippen LogP contribution in [0, 0.1) is 6.92 Å². The SMILES string of the molecule is Cc1cccc(-c2cn(C3CNC(C(=O)O)C3)c3ncnc(N)c23)c1. The summed E-state index contributed by atoms with van der Waals surface area (Å²) in [6.07, 6.45) is 3.97. The number of fused-ring (bicyclic) bond motifs is 1. The van der Waals surface area contributed by atoms with Gasteiger partial charge in [0.05, 0.1) is 5.39 Å². The van der Waals surface area contributed by atoms with E-state index in [9.17, 15) is 9.90 Å². The number of anilines is 1. The van der Waals surface area contributed by atoms with Gasteiger partial charge >= 0.3 is 5.97 Å². The van der Waals surface area contributed by atoms with E-state index < -0.39 is 12.0 Å². The van der Waals surface area contributed by atoms with Crippen molar-refractivity contribution in [2.24, 2.45) is 0 Å². The van der Waals surface area contributed by atoms with Crippen LogP contribution >= 0.6 is 0 Å². The Morgan fingerprint density at radius 1 is 1.40 bits per heavy atom. The second-order valence-corrected chi connectivity index (χ2v) is 6.47. The molecule has 3 aromatic rings. The predicted octanol–water partition coefficient (Wildman–Crippen LogP) is 1.98. The zero-order chi connectivity index (χ0) is 17.6. The summed E-state index contributed by atoms with van der Waals surface area (Å²) in [7, 11) is 0. The number of rotatable bonds is 3. The van der Waals surface area contributed by atoms with Gasteiger partial charge in [0.2, 0.25) is 0 Å². The van der Waals surface area contributed by atoms with Crippen LogP contribution in [0.25, 0.3) is 22.2 Å². The third-order valence-corrected chi connectivity index (χ3v) is 4.77. The minimum Gasteiger partial charge on any atom is -0.480 e. The molecule has 1 aliphatic rings. The fraction of sp³-hybridized carbons (Fsp3) is 0.278. The van der Waals surface area contributed by atoms with Crippen molar-refractivity contribution in [1.82, 2.24) is 19.9 Å². The van der Waals surface area contributed by atoms with E-state index in [0.717, 1.165) is 27.7 Å². The highest BCUT2D eigenvalue weighted by molar-refractivity contribution is 6.00. The Kier molecular flexibility index (Phi) is 3.65. The van der Waals surface area contributed by atoms with Crippen LogP contribution in [0.5, 0.6) is 0 Å². The summed E-state index contributed by atoms with van der Waals surface area (Å²) in [5, 5.41) is 13.1. The average molecular weight is 337 g/mol. The van der Waals surface area contributed by atoms with Crippen LogP contribution < -0.4 is 11.1 Å². The smallest absolute Gasteiger partial charge is 0.320 e. The summed E-state index contributed by atoms with van der Waals surface area (Å²) in [6.45, 7) is 2.62. The van der Waals surface area contributed by atoms with Crippen LogP contribution in [0.4, 0.5) is 5.82 Å². The summed E-state index contributed by atoms with van der Waals surface area (Å²) in [5.41, 5.74) is 10.1. The zero-order valence-corrected chi connectivity index (χ0v) is 13.8. The van der Waals surface area contributed by atoms with Crippen molar-refractivity contribution in [3.05, 3.63) is 42.4 Å². The molecular weight excluding hydrogens is 318 g/mol. The number of carboxylic acid groups (broad SMARTS) is 1. The number of carboxylic acids is 1. The number of nitrogen functional groups attached to an aromatic ring is 1. The molecule has 3 heterocycles. The molecule has 2 atom stereocenters. The monoisotopic (exact) mass is 337 g/mol. The first kappa shape index (κ1) is 15.6. The first-order chi connectivity index (χ1) is 12.0. The van der Waals surface area contributed by atoms with Crippen molar-refractivity contribution in [3.8, 4) is 11.1 Å². The molecule has 1 aromatic carbocycles. The Morgan fingerprint density at radius 2 is 2.24 bits per heavy atom. The van der Waals surface area contributed by atoms with Gasteiger partial charge in [-0.15, -0.1) is 0 Å². The van der Waals surface area contributed by atoms with Crippen LogP contribution in [-0.2, 0) is 4.79 Å². The molecule has 4 rings (SSSR count). The number of benzene rings is 1. The second kappa shape index (κ2) is 5.86. The predicted molar refractivity (Wildman–Crippen MR) is 95.2 cm³/mol. The lowest BCUT2D eigenvalue weighted by Gasteiger charge is -2.12. The number of aliphatic carboxylic acids is 1. The lowest BCUT2D eigenvalue weighted by Crippen LogP contribution is -2.29. The van der Waals surface area contributed by atoms with Gasteiger partial charge in [0.15, 0.2) is 0 Å². The fourth-order valence-electron chi connectivity index (χ4n) is 3.54. The topological polar surface area (TPSA) is 106 Å². The Morgan fingerprint density at radius 3 is 2.96 bits per heavy atom. The number of aromatic nitrogens is 3. The highest BCUT2D eigenvalue weighted by Crippen LogP contribution is 2.36. The maximum Gasteiger partial charge on any atom is 0.320 e. The van der Waals surface area contributed by atoms with Crippen LogP contribution in [-0.4, -0.2) is 38.2 Å². The minimum absolute atomic E-state index is 0.0106. The summed E-state index contributed by atoms with van der Waals surface area (Å²) in [6, 6.07) is 7.65. The summed E-state index contributed by atoms with van der Waals surface area (Å²) in [4.78, 5) is 19.8. The molecule has 1 saturated heterocycles. The van der Waals surface area contributed by atoms with E-state index in [1.807, 2.05) is 35.9 Å². The molecule has 7 nitrogen and oxygen atoms in total. The fourth-order valence-corrected chi connectivity index (χ4v) is 3.54. The number of hydrogen-bond acceptors (Lipinski definition) is 5. The lowest BCUT2D eigenvalue weighted by atomic mass is 10.0. The number of hydrogen-bond donors (Lipinski definition) is 3. The van der Waals surface area contributed by atoms with Crippen LogP contribution in [0.1, 0.15) is 18.0 Å². The standard InChI is InChI=1S/C18H19N5O2/c1-10-3-2-4-11(5-10)13-8-23(12-6-14(18(24)25)20-7-12)17-15(13)16(19)21-9-22-17/h2-5,8-9,12,14,20H,6-7H2,1H3,(H,24,25)(H2,19,21,22). The summed E-state index contributed by atoms with van der Waals surface area (Å²) >= 11 is 0. The molecule has 0 bridgehead atoms. The van der Waals surface area contributed by atoms with Crippen molar-refractivity contribution in [1.29, 1.82) is 0 Å². The van der Waals surface area contributed by atoms with Gasteiger partial charge in [-0.1, -0.05) is 29.8 Å². The van der Waals surface area contributed by atoms with E-state index in [4.69, 9.17) is 5.73 Å². The van der Waals surface area contributed by atoms with Crippen molar-refractivity contribution >= 4 is 22.8 Å². The molecule has 0 saturated carbocycles. The molecule has 0 radical (unpaired) electrons. The molecule has 7 heteroatoms. The molecule has 128 valence electrons. The zero-order valence-electron chi connectivity index (χ0n) is 13.8. The Bertz CT molecular complexity index is 965. The van der Waals surface area contributed by atoms with Crippen molar-refractivity contribution < 1.29 is 9.90 Å². The minimum atomic E-state index is -0.827.